The molecule has 0 bridgehead atoms. The Morgan fingerprint density at radius 1 is 1.16 bits per heavy atom. The number of carbonyl (C=O) groups is 3. The fraction of sp³-hybridized carbons (Fsp3) is 0.318. The molecule has 4 N–H and O–H groups in total. The molecule has 16 heteroatoms. The molecule has 188 valence electrons. The number of aromatic nitrogens is 4. The van der Waals surface area contributed by atoms with Crippen LogP contribution in [0.4, 0.5) is 17.2 Å². The molecule has 0 atom stereocenters. The highest BCUT2D eigenvalue weighted by atomic mass is 16.5. The van der Waals surface area contributed by atoms with Gasteiger partial charge < -0.3 is 30.5 Å². The second-order valence-corrected chi connectivity index (χ2v) is 8.58. The van der Waals surface area contributed by atoms with E-state index in [0.717, 1.165) is 12.8 Å². The highest BCUT2D eigenvalue weighted by Crippen LogP contribution is 2.37. The predicted molar refractivity (Wildman–Crippen MR) is 138 cm³/mol. The maximum atomic E-state index is 12.8. The van der Waals surface area contributed by atoms with Gasteiger partial charge in [-0.1, -0.05) is 16.5 Å². The van der Waals surface area contributed by atoms with E-state index in [1.54, 1.807) is 18.2 Å². The van der Waals surface area contributed by atoms with Crippen LogP contribution in [0, 0.1) is 5.92 Å². The van der Waals surface area contributed by atoms with E-state index in [2.05, 4.69) is 41.6 Å². The number of amides is 3. The molecule has 38 heavy (non-hydrogen) atoms. The number of hydrogen-bond acceptors (Lipinski definition) is 10. The first-order valence-electron chi connectivity index (χ1n) is 11.4. The van der Waals surface area contributed by atoms with Gasteiger partial charge in [0.15, 0.2) is 17.3 Å². The number of para-hydroxylation sites is 1. The van der Waals surface area contributed by atoms with Crippen molar-refractivity contribution in [1.29, 1.82) is 0 Å². The summed E-state index contributed by atoms with van der Waals surface area (Å²) in [6.07, 6.45) is 1.59. The van der Waals surface area contributed by atoms with Crippen LogP contribution in [0.1, 0.15) is 36.1 Å². The molecule has 2 heterocycles. The Balaban J connectivity index is 1.68. The van der Waals surface area contributed by atoms with Gasteiger partial charge in [0.2, 0.25) is 23.5 Å². The van der Waals surface area contributed by atoms with E-state index < -0.39 is 11.1 Å². The first-order valence-corrected chi connectivity index (χ1v) is 11.4. The molecule has 1 aliphatic rings. The minimum Gasteiger partial charge on any atom is -0.494 e. The van der Waals surface area contributed by atoms with E-state index in [1.807, 2.05) is 0 Å². The van der Waals surface area contributed by atoms with Gasteiger partial charge in [0.25, 0.3) is 5.91 Å². The number of carbonyl (C=O) groups excluding carboxylic acids is 3. The SMILES string of the molecule is [B]C([B])([B])NC(=O)c1nnc(NC(=O)C2CC2)cc1Nc1cccc(-c2noc(CNC(C)=O)n2)c1OC. The molecule has 0 aliphatic heterocycles. The lowest BCUT2D eigenvalue weighted by Gasteiger charge is -2.23. The van der Waals surface area contributed by atoms with Crippen molar-refractivity contribution in [2.45, 2.75) is 31.5 Å². The lowest BCUT2D eigenvalue weighted by Crippen LogP contribution is -2.50. The van der Waals surface area contributed by atoms with E-state index in [-0.39, 0.29) is 53.2 Å². The number of rotatable bonds is 10. The van der Waals surface area contributed by atoms with E-state index in [4.69, 9.17) is 32.8 Å². The quantitative estimate of drug-likeness (QED) is 0.275. The molecule has 6 radical (unpaired) electrons. The molecule has 3 amide bonds. The third-order valence-corrected chi connectivity index (χ3v) is 5.22. The molecular weight excluding hydrogens is 489 g/mol. The molecule has 3 aromatic rings. The standard InChI is InChI=1S/C22H21B3N8O5/c1-10(34)26-9-16-29-19(33-38-16)12-4-3-5-13(18(12)37-2)27-14-8-15(28-20(35)11-6-7-11)31-32-17(14)21(36)30-22(23,24)25/h3-5,8,11H,6-7,9H2,1-2H3,(H,26,34)(H,30,36)(H2,27,28,31,35). The van der Waals surface area contributed by atoms with Crippen molar-refractivity contribution in [3.05, 3.63) is 35.9 Å². The number of methoxy groups -OCH3 is 1. The van der Waals surface area contributed by atoms with E-state index in [1.165, 1.54) is 20.1 Å². The molecule has 0 saturated heterocycles. The number of benzene rings is 1. The maximum Gasteiger partial charge on any atom is 0.272 e. The third kappa shape index (κ3) is 6.69. The third-order valence-electron chi connectivity index (χ3n) is 5.22. The Kier molecular flexibility index (Phi) is 7.69. The zero-order valence-corrected chi connectivity index (χ0v) is 20.6. The van der Waals surface area contributed by atoms with Crippen molar-refractivity contribution < 1.29 is 23.6 Å². The zero-order valence-electron chi connectivity index (χ0n) is 20.6. The molecule has 0 unspecified atom stereocenters. The maximum absolute atomic E-state index is 12.8. The number of ether oxygens (including phenoxy) is 1. The summed E-state index contributed by atoms with van der Waals surface area (Å²) in [5.74, 6) is -0.518. The predicted octanol–water partition coefficient (Wildman–Crippen LogP) is 0.110. The zero-order chi connectivity index (χ0) is 27.4. The number of nitrogens with one attached hydrogen (secondary N) is 4. The summed E-state index contributed by atoms with van der Waals surface area (Å²) in [5, 5.41) is 20.3. The molecule has 1 aromatic carbocycles. The van der Waals surface area contributed by atoms with Crippen LogP contribution in [0.25, 0.3) is 11.4 Å². The molecule has 2 aromatic heterocycles. The van der Waals surface area contributed by atoms with Gasteiger partial charge in [0.05, 0.1) is 54.1 Å². The van der Waals surface area contributed by atoms with E-state index in [9.17, 15) is 14.4 Å². The first-order chi connectivity index (χ1) is 18.0. The molecule has 1 fully saturated rings. The second-order valence-electron chi connectivity index (χ2n) is 8.58. The Labute approximate surface area is 221 Å². The average Bonchev–Trinajstić information content (AvgIpc) is 3.59. The summed E-state index contributed by atoms with van der Waals surface area (Å²) in [7, 11) is 18.0. The fourth-order valence-electron chi connectivity index (χ4n) is 3.36. The van der Waals surface area contributed by atoms with Gasteiger partial charge in [-0.25, -0.2) is 0 Å². The van der Waals surface area contributed by atoms with Crippen molar-refractivity contribution in [2.75, 3.05) is 17.7 Å². The highest BCUT2D eigenvalue weighted by molar-refractivity contribution is 6.60. The monoisotopic (exact) mass is 510 g/mol. The Morgan fingerprint density at radius 2 is 1.92 bits per heavy atom. The Morgan fingerprint density at radius 3 is 2.58 bits per heavy atom. The molecule has 13 nitrogen and oxygen atoms in total. The van der Waals surface area contributed by atoms with Crippen LogP contribution in [0.5, 0.6) is 5.75 Å². The minimum atomic E-state index is -2.01. The minimum absolute atomic E-state index is 0.0595. The first kappa shape index (κ1) is 26.7. The van der Waals surface area contributed by atoms with Gasteiger partial charge in [0.1, 0.15) is 0 Å². The summed E-state index contributed by atoms with van der Waals surface area (Å²) < 4.78 is 10.8. The largest absolute Gasteiger partial charge is 0.494 e. The Bertz CT molecular complexity index is 1370. The van der Waals surface area contributed by atoms with Crippen molar-refractivity contribution >= 4 is 58.5 Å². The summed E-state index contributed by atoms with van der Waals surface area (Å²) >= 11 is 0. The van der Waals surface area contributed by atoms with E-state index >= 15 is 0 Å². The van der Waals surface area contributed by atoms with Crippen LogP contribution in [-0.4, -0.2) is 73.9 Å². The number of hydrogen-bond donors (Lipinski definition) is 4. The van der Waals surface area contributed by atoms with Gasteiger partial charge in [-0.05, 0) is 25.0 Å². The van der Waals surface area contributed by atoms with Crippen molar-refractivity contribution in [3.8, 4) is 17.1 Å². The summed E-state index contributed by atoms with van der Waals surface area (Å²) in [5.41, 5.74) is 0.780. The molecular formula is C22H21B3N8O5. The van der Waals surface area contributed by atoms with Crippen LogP contribution >= 0.6 is 0 Å². The number of nitrogens with zero attached hydrogens (tertiary/aromatic N) is 4. The molecule has 4 rings (SSSR count). The number of anilines is 3. The molecule has 1 aliphatic carbocycles. The summed E-state index contributed by atoms with van der Waals surface area (Å²) in [6.45, 7) is 1.43. The van der Waals surface area contributed by atoms with Gasteiger partial charge in [-0.15, -0.1) is 10.2 Å². The van der Waals surface area contributed by atoms with Crippen LogP contribution in [0.3, 0.4) is 0 Å². The van der Waals surface area contributed by atoms with Crippen LogP contribution in [-0.2, 0) is 16.1 Å². The van der Waals surface area contributed by atoms with Crippen LogP contribution in [0.15, 0.2) is 28.8 Å². The normalized spacial score (nSPS) is 12.9. The second kappa shape index (κ2) is 10.9. The van der Waals surface area contributed by atoms with Crippen molar-refractivity contribution in [2.24, 2.45) is 5.92 Å². The van der Waals surface area contributed by atoms with E-state index in [0.29, 0.717) is 17.0 Å². The van der Waals surface area contributed by atoms with Gasteiger partial charge in [-0.3, -0.25) is 14.4 Å². The molecule has 0 spiro atoms. The van der Waals surface area contributed by atoms with Crippen molar-refractivity contribution in [3.63, 3.8) is 0 Å². The highest BCUT2D eigenvalue weighted by Gasteiger charge is 2.30. The molecule has 1 saturated carbocycles. The summed E-state index contributed by atoms with van der Waals surface area (Å²) in [4.78, 5) is 40.5. The van der Waals surface area contributed by atoms with Crippen LogP contribution < -0.4 is 26.0 Å². The Hall–Kier alpha value is -4.36. The lowest BCUT2D eigenvalue weighted by atomic mass is 9.49. The lowest BCUT2D eigenvalue weighted by molar-refractivity contribution is -0.119. The smallest absolute Gasteiger partial charge is 0.272 e. The fourth-order valence-corrected chi connectivity index (χ4v) is 3.36. The van der Waals surface area contributed by atoms with Crippen molar-refractivity contribution in [1.82, 2.24) is 31.0 Å². The summed E-state index contributed by atoms with van der Waals surface area (Å²) in [6, 6.07) is 6.49. The van der Waals surface area contributed by atoms with Gasteiger partial charge >= 0.3 is 0 Å². The average molecular weight is 510 g/mol. The van der Waals surface area contributed by atoms with Gasteiger partial charge in [-0.2, -0.15) is 4.98 Å². The van der Waals surface area contributed by atoms with Gasteiger partial charge in [0, 0.05) is 18.9 Å². The topological polar surface area (TPSA) is 173 Å². The van der Waals surface area contributed by atoms with Crippen LogP contribution in [0.2, 0.25) is 0 Å².